The van der Waals surface area contributed by atoms with E-state index in [9.17, 15) is 4.79 Å². The lowest BCUT2D eigenvalue weighted by Gasteiger charge is -2.26. The number of hydrogen-bond donors (Lipinski definition) is 1. The number of carbonyl (C=O) groups is 1. The van der Waals surface area contributed by atoms with Gasteiger partial charge in [-0.05, 0) is 31.7 Å². The molecule has 25 heavy (non-hydrogen) atoms. The molecule has 2 aliphatic rings. The Morgan fingerprint density at radius 1 is 1.12 bits per heavy atom. The molecule has 132 valence electrons. The van der Waals surface area contributed by atoms with E-state index in [2.05, 4.69) is 15.3 Å². The molecule has 2 aromatic heterocycles. The third-order valence-corrected chi connectivity index (χ3v) is 5.49. The summed E-state index contributed by atoms with van der Waals surface area (Å²) in [6, 6.07) is 2.17. The summed E-state index contributed by atoms with van der Waals surface area (Å²) in [5.74, 6) is 0.979. The molecule has 0 radical (unpaired) electrons. The maximum absolute atomic E-state index is 12.8. The first-order valence-electron chi connectivity index (χ1n) is 9.37. The lowest BCUT2D eigenvalue weighted by atomic mass is 9.82. The Labute approximate surface area is 148 Å². The zero-order valence-electron chi connectivity index (χ0n) is 14.7. The SMILES string of the molecule is Cn1cncc1-c1nc(C(=O)NC2CCCCC2)cc(C2CCC2)n1. The predicted octanol–water partition coefficient (Wildman–Crippen LogP) is 3.21. The van der Waals surface area contributed by atoms with Crippen LogP contribution in [-0.4, -0.2) is 31.5 Å². The van der Waals surface area contributed by atoms with Crippen molar-refractivity contribution in [3.05, 3.63) is 30.0 Å². The number of imidazole rings is 1. The highest BCUT2D eigenvalue weighted by Crippen LogP contribution is 2.36. The standard InChI is InChI=1S/C19H25N5O/c1-24-12-20-11-17(24)18-22-15(13-6-5-7-13)10-16(23-18)19(25)21-14-8-3-2-4-9-14/h10-14H,2-9H2,1H3,(H,21,25). The van der Waals surface area contributed by atoms with Gasteiger partial charge in [0.1, 0.15) is 11.4 Å². The van der Waals surface area contributed by atoms with E-state index >= 15 is 0 Å². The Bertz CT molecular complexity index is 759. The number of hydrogen-bond acceptors (Lipinski definition) is 4. The van der Waals surface area contributed by atoms with E-state index in [4.69, 9.17) is 4.98 Å². The Balaban J connectivity index is 1.63. The van der Waals surface area contributed by atoms with Gasteiger partial charge in [-0.15, -0.1) is 0 Å². The van der Waals surface area contributed by atoms with Crippen molar-refractivity contribution in [3.8, 4) is 11.5 Å². The molecule has 0 aromatic carbocycles. The molecule has 6 nitrogen and oxygen atoms in total. The Kier molecular flexibility index (Phi) is 4.51. The second-order valence-corrected chi connectivity index (χ2v) is 7.33. The summed E-state index contributed by atoms with van der Waals surface area (Å²) in [6.07, 6.45) is 12.8. The van der Waals surface area contributed by atoms with Gasteiger partial charge in [0, 0.05) is 24.7 Å². The number of nitrogens with zero attached hydrogens (tertiary/aromatic N) is 4. The molecule has 0 atom stereocenters. The van der Waals surface area contributed by atoms with Gasteiger partial charge in [0.25, 0.3) is 5.91 Å². The summed E-state index contributed by atoms with van der Waals surface area (Å²) in [4.78, 5) is 26.2. The fraction of sp³-hybridized carbons (Fsp3) is 0.579. The fourth-order valence-corrected chi connectivity index (χ4v) is 3.69. The Morgan fingerprint density at radius 2 is 1.92 bits per heavy atom. The number of amides is 1. The minimum absolute atomic E-state index is 0.0710. The maximum Gasteiger partial charge on any atom is 0.270 e. The van der Waals surface area contributed by atoms with Crippen LogP contribution in [0.15, 0.2) is 18.6 Å². The van der Waals surface area contributed by atoms with Gasteiger partial charge in [-0.25, -0.2) is 15.0 Å². The predicted molar refractivity (Wildman–Crippen MR) is 95.2 cm³/mol. The van der Waals surface area contributed by atoms with Crippen LogP contribution in [0.1, 0.15) is 73.5 Å². The molecule has 1 amide bonds. The van der Waals surface area contributed by atoms with Gasteiger partial charge in [-0.1, -0.05) is 25.7 Å². The Morgan fingerprint density at radius 3 is 2.56 bits per heavy atom. The Hall–Kier alpha value is -2.24. The molecule has 2 aliphatic carbocycles. The number of aromatic nitrogens is 4. The molecule has 0 aliphatic heterocycles. The molecular formula is C19H25N5O. The van der Waals surface area contributed by atoms with Crippen LogP contribution < -0.4 is 5.32 Å². The molecular weight excluding hydrogens is 314 g/mol. The normalized spacial score (nSPS) is 18.8. The molecule has 2 saturated carbocycles. The van der Waals surface area contributed by atoms with E-state index in [1.165, 1.54) is 25.7 Å². The zero-order valence-corrected chi connectivity index (χ0v) is 14.7. The minimum Gasteiger partial charge on any atom is -0.348 e. The van der Waals surface area contributed by atoms with Gasteiger partial charge in [-0.3, -0.25) is 4.79 Å². The van der Waals surface area contributed by atoms with Crippen LogP contribution in [0.2, 0.25) is 0 Å². The van der Waals surface area contributed by atoms with Crippen LogP contribution in [-0.2, 0) is 7.05 Å². The summed E-state index contributed by atoms with van der Waals surface area (Å²) < 4.78 is 1.89. The summed E-state index contributed by atoms with van der Waals surface area (Å²) in [5, 5.41) is 3.17. The van der Waals surface area contributed by atoms with Crippen molar-refractivity contribution in [3.63, 3.8) is 0 Å². The van der Waals surface area contributed by atoms with Gasteiger partial charge < -0.3 is 9.88 Å². The summed E-state index contributed by atoms with van der Waals surface area (Å²) in [7, 11) is 1.92. The second kappa shape index (κ2) is 6.94. The molecule has 6 heteroatoms. The highest BCUT2D eigenvalue weighted by Gasteiger charge is 2.25. The monoisotopic (exact) mass is 339 g/mol. The van der Waals surface area contributed by atoms with E-state index in [0.29, 0.717) is 17.4 Å². The minimum atomic E-state index is -0.0710. The number of carbonyl (C=O) groups excluding carboxylic acids is 1. The van der Waals surface area contributed by atoms with Crippen molar-refractivity contribution >= 4 is 5.91 Å². The lowest BCUT2D eigenvalue weighted by Crippen LogP contribution is -2.36. The molecule has 1 N–H and O–H groups in total. The first-order chi connectivity index (χ1) is 12.2. The first kappa shape index (κ1) is 16.2. The van der Waals surface area contributed by atoms with Crippen molar-refractivity contribution in [2.24, 2.45) is 7.05 Å². The van der Waals surface area contributed by atoms with Crippen LogP contribution in [0.25, 0.3) is 11.5 Å². The van der Waals surface area contributed by atoms with E-state index in [-0.39, 0.29) is 11.9 Å². The molecule has 0 saturated heterocycles. The van der Waals surface area contributed by atoms with Gasteiger partial charge in [0.15, 0.2) is 5.82 Å². The largest absolute Gasteiger partial charge is 0.348 e. The summed E-state index contributed by atoms with van der Waals surface area (Å²) in [6.45, 7) is 0. The third-order valence-electron chi connectivity index (χ3n) is 5.49. The van der Waals surface area contributed by atoms with Crippen LogP contribution in [0, 0.1) is 0 Å². The quantitative estimate of drug-likeness (QED) is 0.928. The van der Waals surface area contributed by atoms with Crippen molar-refractivity contribution in [2.45, 2.75) is 63.3 Å². The fourth-order valence-electron chi connectivity index (χ4n) is 3.69. The summed E-state index contributed by atoms with van der Waals surface area (Å²) in [5.41, 5.74) is 2.32. The van der Waals surface area contributed by atoms with Crippen molar-refractivity contribution in [2.75, 3.05) is 0 Å². The zero-order chi connectivity index (χ0) is 17.2. The molecule has 0 bridgehead atoms. The van der Waals surface area contributed by atoms with Gasteiger partial charge in [0.2, 0.25) is 0 Å². The smallest absolute Gasteiger partial charge is 0.270 e. The third kappa shape index (κ3) is 3.43. The summed E-state index contributed by atoms with van der Waals surface area (Å²) >= 11 is 0. The van der Waals surface area contributed by atoms with E-state index in [0.717, 1.165) is 37.1 Å². The molecule has 0 unspecified atom stereocenters. The number of nitrogens with one attached hydrogen (secondary N) is 1. The highest BCUT2D eigenvalue weighted by atomic mass is 16.1. The average molecular weight is 339 g/mol. The van der Waals surface area contributed by atoms with E-state index < -0.39 is 0 Å². The van der Waals surface area contributed by atoms with Gasteiger partial charge in [0.05, 0.1) is 12.5 Å². The molecule has 2 heterocycles. The van der Waals surface area contributed by atoms with Crippen LogP contribution >= 0.6 is 0 Å². The van der Waals surface area contributed by atoms with Crippen LogP contribution in [0.5, 0.6) is 0 Å². The van der Waals surface area contributed by atoms with Crippen molar-refractivity contribution in [1.82, 2.24) is 24.8 Å². The molecule has 2 fully saturated rings. The van der Waals surface area contributed by atoms with Crippen molar-refractivity contribution in [1.29, 1.82) is 0 Å². The maximum atomic E-state index is 12.8. The topological polar surface area (TPSA) is 72.7 Å². The molecule has 0 spiro atoms. The van der Waals surface area contributed by atoms with Crippen LogP contribution in [0.3, 0.4) is 0 Å². The van der Waals surface area contributed by atoms with E-state index in [1.807, 2.05) is 17.7 Å². The molecule has 4 rings (SSSR count). The lowest BCUT2D eigenvalue weighted by molar-refractivity contribution is 0.0922. The number of rotatable bonds is 4. The van der Waals surface area contributed by atoms with Gasteiger partial charge >= 0.3 is 0 Å². The number of aryl methyl sites for hydroxylation is 1. The first-order valence-corrected chi connectivity index (χ1v) is 9.37. The second-order valence-electron chi connectivity index (χ2n) is 7.33. The van der Waals surface area contributed by atoms with Gasteiger partial charge in [-0.2, -0.15) is 0 Å². The van der Waals surface area contributed by atoms with E-state index in [1.54, 1.807) is 12.5 Å². The molecule has 2 aromatic rings. The van der Waals surface area contributed by atoms with Crippen LogP contribution in [0.4, 0.5) is 0 Å². The highest BCUT2D eigenvalue weighted by molar-refractivity contribution is 5.93. The average Bonchev–Trinajstić information content (AvgIpc) is 3.00. The van der Waals surface area contributed by atoms with Crippen molar-refractivity contribution < 1.29 is 4.79 Å².